The van der Waals surface area contributed by atoms with Gasteiger partial charge in [0.2, 0.25) is 11.8 Å². The van der Waals surface area contributed by atoms with E-state index < -0.39 is 0 Å². The van der Waals surface area contributed by atoms with E-state index in [0.29, 0.717) is 36.8 Å². The minimum Gasteiger partial charge on any atom is -0.352 e. The minimum absolute atomic E-state index is 0.152. The van der Waals surface area contributed by atoms with E-state index in [1.165, 1.54) is 25.7 Å². The topological polar surface area (TPSA) is 64.7 Å². The summed E-state index contributed by atoms with van der Waals surface area (Å²) < 4.78 is 0. The monoisotopic (exact) mass is 392 g/mol. The molecular formula is C22H40N4O2. The number of nitrogens with one attached hydrogen (secondary N) is 2. The van der Waals surface area contributed by atoms with Gasteiger partial charge in [0.05, 0.1) is 6.54 Å². The van der Waals surface area contributed by atoms with Crippen LogP contribution in [0, 0.1) is 17.8 Å². The van der Waals surface area contributed by atoms with Gasteiger partial charge in [-0.25, -0.2) is 0 Å². The van der Waals surface area contributed by atoms with Crippen LogP contribution < -0.4 is 10.6 Å². The fraction of sp³-hybridized carbons (Fsp3) is 0.909. The van der Waals surface area contributed by atoms with Crippen LogP contribution >= 0.6 is 0 Å². The number of hydrogen-bond donors (Lipinski definition) is 2. The van der Waals surface area contributed by atoms with Gasteiger partial charge in [0.1, 0.15) is 0 Å². The van der Waals surface area contributed by atoms with Gasteiger partial charge < -0.3 is 15.5 Å². The van der Waals surface area contributed by atoms with E-state index in [1.807, 2.05) is 4.90 Å². The lowest BCUT2D eigenvalue weighted by atomic mass is 9.84. The molecule has 0 spiro atoms. The maximum absolute atomic E-state index is 12.7. The molecule has 28 heavy (non-hydrogen) atoms. The molecule has 2 saturated heterocycles. The van der Waals surface area contributed by atoms with Crippen molar-refractivity contribution in [3.63, 3.8) is 0 Å². The summed E-state index contributed by atoms with van der Waals surface area (Å²) in [5.41, 5.74) is 0. The Bertz CT molecular complexity index is 505. The van der Waals surface area contributed by atoms with Crippen molar-refractivity contribution < 1.29 is 9.59 Å². The molecule has 2 amide bonds. The second-order valence-corrected chi connectivity index (χ2v) is 9.45. The van der Waals surface area contributed by atoms with E-state index in [2.05, 4.69) is 29.4 Å². The van der Waals surface area contributed by atoms with Crippen LogP contribution in [0.15, 0.2) is 0 Å². The van der Waals surface area contributed by atoms with Crippen LogP contribution in [0.25, 0.3) is 0 Å². The number of amides is 2. The zero-order valence-corrected chi connectivity index (χ0v) is 17.9. The minimum atomic E-state index is 0.152. The van der Waals surface area contributed by atoms with Gasteiger partial charge in [0, 0.05) is 38.6 Å². The first kappa shape index (κ1) is 21.6. The molecule has 6 nitrogen and oxygen atoms in total. The zero-order chi connectivity index (χ0) is 19.9. The second-order valence-electron chi connectivity index (χ2n) is 9.45. The molecule has 2 N–H and O–H groups in total. The van der Waals surface area contributed by atoms with Crippen LogP contribution in [0.4, 0.5) is 0 Å². The highest BCUT2D eigenvalue weighted by Crippen LogP contribution is 2.25. The Kier molecular flexibility index (Phi) is 8.15. The van der Waals surface area contributed by atoms with E-state index in [0.717, 1.165) is 58.0 Å². The molecule has 3 aliphatic rings. The molecule has 2 heterocycles. The molecule has 0 aromatic rings. The first-order valence-electron chi connectivity index (χ1n) is 11.5. The molecule has 6 heteroatoms. The van der Waals surface area contributed by atoms with Crippen LogP contribution in [-0.2, 0) is 9.59 Å². The number of carbonyl (C=O) groups excluding carboxylic acids is 2. The maximum atomic E-state index is 12.7. The fourth-order valence-electron chi connectivity index (χ4n) is 5.02. The molecule has 160 valence electrons. The van der Waals surface area contributed by atoms with Crippen molar-refractivity contribution in [1.82, 2.24) is 20.4 Å². The third kappa shape index (κ3) is 6.45. The Morgan fingerprint density at radius 1 is 1.00 bits per heavy atom. The van der Waals surface area contributed by atoms with Crippen molar-refractivity contribution in [2.24, 2.45) is 17.8 Å². The highest BCUT2D eigenvalue weighted by Gasteiger charge is 2.27. The van der Waals surface area contributed by atoms with Crippen LogP contribution in [0.5, 0.6) is 0 Å². The van der Waals surface area contributed by atoms with Gasteiger partial charge in [-0.15, -0.1) is 0 Å². The predicted octanol–water partition coefficient (Wildman–Crippen LogP) is 1.85. The normalized spacial score (nSPS) is 28.7. The Balaban J connectivity index is 1.33. The molecule has 1 saturated carbocycles. The quantitative estimate of drug-likeness (QED) is 0.724. The largest absolute Gasteiger partial charge is 0.352 e. The van der Waals surface area contributed by atoms with Crippen molar-refractivity contribution in [2.75, 3.05) is 45.8 Å². The number of piperazine rings is 1. The average molecular weight is 393 g/mol. The molecule has 0 radical (unpaired) electrons. The Labute approximate surface area is 170 Å². The van der Waals surface area contributed by atoms with E-state index in [-0.39, 0.29) is 5.91 Å². The van der Waals surface area contributed by atoms with E-state index >= 15 is 0 Å². The van der Waals surface area contributed by atoms with Gasteiger partial charge in [0.25, 0.3) is 0 Å². The third-order valence-electron chi connectivity index (χ3n) is 7.16. The lowest BCUT2D eigenvalue weighted by molar-refractivity contribution is -0.134. The summed E-state index contributed by atoms with van der Waals surface area (Å²) in [6.07, 6.45) is 7.73. The molecule has 0 aromatic heterocycles. The predicted molar refractivity (Wildman–Crippen MR) is 112 cm³/mol. The van der Waals surface area contributed by atoms with Crippen molar-refractivity contribution in [3.05, 3.63) is 0 Å². The smallest absolute Gasteiger partial charge is 0.234 e. The summed E-state index contributed by atoms with van der Waals surface area (Å²) in [4.78, 5) is 29.2. The second kappa shape index (κ2) is 10.6. The van der Waals surface area contributed by atoms with E-state index in [1.54, 1.807) is 0 Å². The number of hydrogen-bond acceptors (Lipinski definition) is 4. The highest BCUT2D eigenvalue weighted by molar-refractivity contribution is 5.78. The third-order valence-corrected chi connectivity index (χ3v) is 7.16. The van der Waals surface area contributed by atoms with Gasteiger partial charge in [-0.3, -0.25) is 14.5 Å². The molecule has 0 bridgehead atoms. The van der Waals surface area contributed by atoms with E-state index in [9.17, 15) is 9.59 Å². The molecular weight excluding hydrogens is 352 g/mol. The average Bonchev–Trinajstić information content (AvgIpc) is 2.71. The summed E-state index contributed by atoms with van der Waals surface area (Å²) in [7, 11) is 0. The Morgan fingerprint density at radius 2 is 1.64 bits per heavy atom. The summed E-state index contributed by atoms with van der Waals surface area (Å²) in [5, 5.41) is 6.62. The zero-order valence-electron chi connectivity index (χ0n) is 17.9. The SMILES string of the molecule is CC1CCC(NC(=O)CN2CCN(C(=O)CC(C)C3CCNCC3)CC2)CC1. The molecule has 3 fully saturated rings. The molecule has 3 rings (SSSR count). The molecule has 1 atom stereocenters. The first-order valence-corrected chi connectivity index (χ1v) is 11.5. The van der Waals surface area contributed by atoms with Crippen molar-refractivity contribution >= 4 is 11.8 Å². The van der Waals surface area contributed by atoms with Crippen LogP contribution in [0.1, 0.15) is 58.8 Å². The summed E-state index contributed by atoms with van der Waals surface area (Å²) in [5.74, 6) is 2.40. The Morgan fingerprint density at radius 3 is 2.29 bits per heavy atom. The fourth-order valence-corrected chi connectivity index (χ4v) is 5.02. The number of rotatable bonds is 6. The lowest BCUT2D eigenvalue weighted by Gasteiger charge is -2.36. The van der Waals surface area contributed by atoms with E-state index in [4.69, 9.17) is 0 Å². The van der Waals surface area contributed by atoms with Gasteiger partial charge in [-0.1, -0.05) is 13.8 Å². The van der Waals surface area contributed by atoms with Gasteiger partial charge >= 0.3 is 0 Å². The summed E-state index contributed by atoms with van der Waals surface area (Å²) >= 11 is 0. The van der Waals surface area contributed by atoms with Gasteiger partial charge in [-0.2, -0.15) is 0 Å². The first-order chi connectivity index (χ1) is 13.5. The van der Waals surface area contributed by atoms with Gasteiger partial charge in [0.15, 0.2) is 0 Å². The lowest BCUT2D eigenvalue weighted by Crippen LogP contribution is -2.52. The van der Waals surface area contributed by atoms with Crippen molar-refractivity contribution in [2.45, 2.75) is 64.8 Å². The van der Waals surface area contributed by atoms with Crippen LogP contribution in [0.3, 0.4) is 0 Å². The summed E-state index contributed by atoms with van der Waals surface area (Å²) in [6.45, 7) is 10.3. The molecule has 0 aromatic carbocycles. The maximum Gasteiger partial charge on any atom is 0.234 e. The molecule has 2 aliphatic heterocycles. The summed E-state index contributed by atoms with van der Waals surface area (Å²) in [6, 6.07) is 0.364. The Hall–Kier alpha value is -1.14. The van der Waals surface area contributed by atoms with Crippen molar-refractivity contribution in [1.29, 1.82) is 0 Å². The van der Waals surface area contributed by atoms with Crippen molar-refractivity contribution in [3.8, 4) is 0 Å². The standard InChI is InChI=1S/C22H40N4O2/c1-17-3-5-20(6-4-17)24-21(27)16-25-11-13-26(14-12-25)22(28)15-18(2)19-7-9-23-10-8-19/h17-20,23H,3-16H2,1-2H3,(H,24,27). The highest BCUT2D eigenvalue weighted by atomic mass is 16.2. The number of piperidine rings is 1. The molecule has 1 aliphatic carbocycles. The van der Waals surface area contributed by atoms with Crippen LogP contribution in [-0.4, -0.2) is 73.5 Å². The van der Waals surface area contributed by atoms with Crippen LogP contribution in [0.2, 0.25) is 0 Å². The number of nitrogens with zero attached hydrogens (tertiary/aromatic N) is 2. The van der Waals surface area contributed by atoms with Gasteiger partial charge in [-0.05, 0) is 69.4 Å². The number of carbonyl (C=O) groups is 2. The molecule has 1 unspecified atom stereocenters.